The Labute approximate surface area is 174 Å². The van der Waals surface area contributed by atoms with Crippen molar-refractivity contribution >= 4 is 17.9 Å². The number of aliphatic carboxylic acids is 1. The third-order valence-corrected chi connectivity index (χ3v) is 6.77. The third-order valence-electron chi connectivity index (χ3n) is 6.77. The second kappa shape index (κ2) is 8.04. The number of hydrogen-bond donors (Lipinski definition) is 1. The zero-order valence-corrected chi connectivity index (χ0v) is 18.2. The number of carboxylic acids is 1. The van der Waals surface area contributed by atoms with Crippen LogP contribution < -0.4 is 0 Å². The fourth-order valence-electron chi connectivity index (χ4n) is 5.39. The molecule has 2 bridgehead atoms. The molecule has 2 fully saturated rings. The molecule has 0 aliphatic heterocycles. The Balaban J connectivity index is 2.41. The van der Waals surface area contributed by atoms with Crippen molar-refractivity contribution in [1.82, 2.24) is 0 Å². The molecule has 1 N–H and O–H groups in total. The molecular formula is C21H31F3O6. The number of fused-ring (bicyclic) bond motifs is 2. The molecule has 2 rings (SSSR count). The lowest BCUT2D eigenvalue weighted by atomic mass is 9.61. The summed E-state index contributed by atoms with van der Waals surface area (Å²) in [5, 5.41) is 9.54. The van der Waals surface area contributed by atoms with E-state index in [1.807, 2.05) is 0 Å². The minimum atomic E-state index is -5.15. The molecule has 2 saturated carbocycles. The predicted molar refractivity (Wildman–Crippen MR) is 100 cm³/mol. The molecule has 0 spiro atoms. The maximum atomic E-state index is 14.0. The highest BCUT2D eigenvalue weighted by molar-refractivity contribution is 5.85. The SMILES string of the molecule is CCOC(=O)C(C1C2CC(C(=O)OC(C)(C)C)C(C2)C1C)C(C)(C(=O)O)C(F)(F)F. The molecule has 0 aromatic carbocycles. The first-order chi connectivity index (χ1) is 13.6. The zero-order valence-electron chi connectivity index (χ0n) is 18.2. The van der Waals surface area contributed by atoms with Gasteiger partial charge in [-0.25, -0.2) is 0 Å². The molecular weight excluding hydrogens is 405 g/mol. The van der Waals surface area contributed by atoms with E-state index in [0.717, 1.165) is 0 Å². The van der Waals surface area contributed by atoms with Crippen molar-refractivity contribution in [1.29, 1.82) is 0 Å². The fourth-order valence-corrected chi connectivity index (χ4v) is 5.39. The number of rotatable bonds is 6. The Hall–Kier alpha value is -1.80. The van der Waals surface area contributed by atoms with E-state index in [4.69, 9.17) is 9.47 Å². The lowest BCUT2D eigenvalue weighted by Crippen LogP contribution is -2.56. The highest BCUT2D eigenvalue weighted by Gasteiger charge is 2.69. The Bertz CT molecular complexity index is 696. The minimum absolute atomic E-state index is 0.154. The van der Waals surface area contributed by atoms with Crippen molar-refractivity contribution in [2.75, 3.05) is 6.61 Å². The smallest absolute Gasteiger partial charge is 0.405 e. The van der Waals surface area contributed by atoms with Crippen LogP contribution in [-0.2, 0) is 23.9 Å². The maximum absolute atomic E-state index is 14.0. The van der Waals surface area contributed by atoms with Crippen LogP contribution in [0.15, 0.2) is 0 Å². The lowest BCUT2D eigenvalue weighted by molar-refractivity contribution is -0.251. The summed E-state index contributed by atoms with van der Waals surface area (Å²) in [7, 11) is 0. The van der Waals surface area contributed by atoms with Crippen LogP contribution in [0.3, 0.4) is 0 Å². The lowest BCUT2D eigenvalue weighted by Gasteiger charge is -2.43. The van der Waals surface area contributed by atoms with Gasteiger partial charge in [0.1, 0.15) is 5.60 Å². The molecule has 0 saturated heterocycles. The number of halogens is 3. The number of carbonyl (C=O) groups excluding carboxylic acids is 2. The molecule has 0 radical (unpaired) electrons. The van der Waals surface area contributed by atoms with Crippen molar-refractivity contribution in [3.05, 3.63) is 0 Å². The Morgan fingerprint density at radius 3 is 2.07 bits per heavy atom. The molecule has 2 aliphatic carbocycles. The number of hydrogen-bond acceptors (Lipinski definition) is 5. The van der Waals surface area contributed by atoms with E-state index < -0.39 is 64.7 Å². The number of ether oxygens (including phenoxy) is 2. The number of esters is 2. The van der Waals surface area contributed by atoms with E-state index in [-0.39, 0.29) is 18.9 Å². The van der Waals surface area contributed by atoms with Gasteiger partial charge in [-0.1, -0.05) is 6.92 Å². The summed E-state index contributed by atoms with van der Waals surface area (Å²) in [6.07, 6.45) is -4.42. The van der Waals surface area contributed by atoms with Crippen LogP contribution >= 0.6 is 0 Å². The van der Waals surface area contributed by atoms with Gasteiger partial charge in [0.05, 0.1) is 18.4 Å². The summed E-state index contributed by atoms with van der Waals surface area (Å²) in [5.74, 6) is -7.98. The molecule has 2 aliphatic rings. The van der Waals surface area contributed by atoms with Crippen LogP contribution in [-0.4, -0.2) is 41.4 Å². The van der Waals surface area contributed by atoms with Crippen molar-refractivity contribution in [2.24, 2.45) is 40.9 Å². The summed E-state index contributed by atoms with van der Waals surface area (Å²) in [6.45, 7) is 8.77. The Morgan fingerprint density at radius 2 is 1.67 bits per heavy atom. The predicted octanol–water partition coefficient (Wildman–Crippen LogP) is 4.07. The van der Waals surface area contributed by atoms with Crippen molar-refractivity contribution in [2.45, 2.75) is 66.2 Å². The Kier molecular flexibility index (Phi) is 6.56. The molecule has 0 aromatic heterocycles. The first kappa shape index (κ1) is 24.5. The minimum Gasteiger partial charge on any atom is -0.481 e. The quantitative estimate of drug-likeness (QED) is 0.632. The molecule has 0 aromatic rings. The van der Waals surface area contributed by atoms with Crippen LogP contribution in [0.5, 0.6) is 0 Å². The first-order valence-electron chi connectivity index (χ1n) is 10.3. The van der Waals surface area contributed by atoms with Crippen molar-refractivity contribution in [3.63, 3.8) is 0 Å². The average Bonchev–Trinajstić information content (AvgIpc) is 3.12. The second-order valence-electron chi connectivity index (χ2n) is 9.71. The number of carboxylic acid groups (broad SMARTS) is 1. The van der Waals surface area contributed by atoms with Gasteiger partial charge in [-0.05, 0) is 71.1 Å². The van der Waals surface area contributed by atoms with Crippen LogP contribution in [0.2, 0.25) is 0 Å². The van der Waals surface area contributed by atoms with Crippen LogP contribution in [0.25, 0.3) is 0 Å². The summed E-state index contributed by atoms with van der Waals surface area (Å²) in [5.41, 5.74) is -3.97. The zero-order chi connectivity index (χ0) is 23.2. The fraction of sp³-hybridized carbons (Fsp3) is 0.857. The van der Waals surface area contributed by atoms with Gasteiger partial charge in [0.25, 0.3) is 0 Å². The van der Waals surface area contributed by atoms with Gasteiger partial charge in [-0.15, -0.1) is 0 Å². The molecule has 6 nitrogen and oxygen atoms in total. The molecule has 0 heterocycles. The van der Waals surface area contributed by atoms with E-state index in [2.05, 4.69) is 0 Å². The molecule has 30 heavy (non-hydrogen) atoms. The van der Waals surface area contributed by atoms with Gasteiger partial charge < -0.3 is 14.6 Å². The molecule has 7 atom stereocenters. The van der Waals surface area contributed by atoms with E-state index in [1.165, 1.54) is 6.92 Å². The van der Waals surface area contributed by atoms with Gasteiger partial charge in [0.15, 0.2) is 5.41 Å². The summed E-state index contributed by atoms with van der Waals surface area (Å²) in [4.78, 5) is 37.1. The van der Waals surface area contributed by atoms with Gasteiger partial charge in [-0.3, -0.25) is 14.4 Å². The molecule has 7 unspecified atom stereocenters. The molecule has 9 heteroatoms. The van der Waals surface area contributed by atoms with E-state index in [9.17, 15) is 32.7 Å². The van der Waals surface area contributed by atoms with E-state index >= 15 is 0 Å². The summed E-state index contributed by atoms with van der Waals surface area (Å²) in [6, 6.07) is 0. The standard InChI is InChI=1S/C21H31F3O6/c1-7-29-17(26)15(20(6,18(27)28)21(22,23)24)14-10(2)12-8-11(14)9-13(12)16(25)30-19(3,4)5/h10-15H,7-9H2,1-6H3,(H,27,28). The monoisotopic (exact) mass is 436 g/mol. The second-order valence-corrected chi connectivity index (χ2v) is 9.71. The Morgan fingerprint density at radius 1 is 1.10 bits per heavy atom. The third kappa shape index (κ3) is 4.17. The van der Waals surface area contributed by atoms with Crippen LogP contribution in [0, 0.1) is 40.9 Å². The molecule has 172 valence electrons. The summed E-state index contributed by atoms with van der Waals surface area (Å²) < 4.78 is 52.2. The van der Waals surface area contributed by atoms with E-state index in [0.29, 0.717) is 13.3 Å². The van der Waals surface area contributed by atoms with Crippen LogP contribution in [0.1, 0.15) is 54.4 Å². The highest BCUT2D eigenvalue weighted by Crippen LogP contribution is 2.62. The average molecular weight is 436 g/mol. The largest absolute Gasteiger partial charge is 0.481 e. The number of alkyl halides is 3. The molecule has 0 amide bonds. The number of carbonyl (C=O) groups is 3. The normalized spacial score (nSPS) is 31.7. The summed E-state index contributed by atoms with van der Waals surface area (Å²) >= 11 is 0. The maximum Gasteiger partial charge on any atom is 0.405 e. The van der Waals surface area contributed by atoms with E-state index in [1.54, 1.807) is 27.7 Å². The van der Waals surface area contributed by atoms with Gasteiger partial charge in [0, 0.05) is 0 Å². The van der Waals surface area contributed by atoms with Gasteiger partial charge >= 0.3 is 24.1 Å². The van der Waals surface area contributed by atoms with Crippen molar-refractivity contribution in [3.8, 4) is 0 Å². The van der Waals surface area contributed by atoms with Crippen LogP contribution in [0.4, 0.5) is 13.2 Å². The first-order valence-corrected chi connectivity index (χ1v) is 10.3. The highest BCUT2D eigenvalue weighted by atomic mass is 19.4. The van der Waals surface area contributed by atoms with Crippen molar-refractivity contribution < 1.29 is 42.1 Å². The van der Waals surface area contributed by atoms with Gasteiger partial charge in [-0.2, -0.15) is 13.2 Å². The van der Waals surface area contributed by atoms with Gasteiger partial charge in [0.2, 0.25) is 0 Å². The topological polar surface area (TPSA) is 89.9 Å².